The van der Waals surface area contributed by atoms with Crippen molar-refractivity contribution in [3.63, 3.8) is 0 Å². The molecule has 4 rings (SSSR count). The maximum Gasteiger partial charge on any atom is 0.253 e. The Morgan fingerprint density at radius 2 is 1.91 bits per heavy atom. The van der Waals surface area contributed by atoms with Crippen molar-refractivity contribution in [1.29, 1.82) is 0 Å². The predicted octanol–water partition coefficient (Wildman–Crippen LogP) is 3.30. The lowest BCUT2D eigenvalue weighted by molar-refractivity contribution is 0.0546. The van der Waals surface area contributed by atoms with Crippen molar-refractivity contribution in [2.75, 3.05) is 7.11 Å². The number of benzene rings is 2. The molecule has 2 heterocycles. The zero-order valence-corrected chi connectivity index (χ0v) is 12.5. The van der Waals surface area contributed by atoms with E-state index < -0.39 is 11.4 Å². The number of carbonyl (C=O) groups excluding carboxylic acids is 1. The SMILES string of the molecule is CC[C@@]12Oc3cc(OC)ccc3C(=O)[C@@]1(c1ccccc1)O2. The molecule has 0 radical (unpaired) electrons. The number of Topliss-reactive ketones (excluding diaryl/α,β-unsaturated/α-hetero) is 1. The van der Waals surface area contributed by atoms with Gasteiger partial charge >= 0.3 is 0 Å². The van der Waals surface area contributed by atoms with Crippen LogP contribution in [0.5, 0.6) is 11.5 Å². The van der Waals surface area contributed by atoms with Gasteiger partial charge in [0.15, 0.2) is 0 Å². The average molecular weight is 296 g/mol. The van der Waals surface area contributed by atoms with Crippen molar-refractivity contribution in [3.05, 3.63) is 59.7 Å². The number of fused-ring (bicyclic) bond motifs is 2. The monoisotopic (exact) mass is 296 g/mol. The Labute approximate surface area is 128 Å². The Morgan fingerprint density at radius 3 is 2.59 bits per heavy atom. The third-order valence-corrected chi connectivity index (χ3v) is 4.49. The Morgan fingerprint density at radius 1 is 1.14 bits per heavy atom. The lowest BCUT2D eigenvalue weighted by atomic mass is 9.82. The van der Waals surface area contributed by atoms with E-state index in [1.807, 2.05) is 37.3 Å². The molecule has 4 nitrogen and oxygen atoms in total. The van der Waals surface area contributed by atoms with E-state index in [0.29, 0.717) is 23.5 Å². The first-order chi connectivity index (χ1) is 10.7. The summed E-state index contributed by atoms with van der Waals surface area (Å²) in [4.78, 5) is 13.1. The number of carbonyl (C=O) groups is 1. The van der Waals surface area contributed by atoms with Gasteiger partial charge in [-0.05, 0) is 17.7 Å². The maximum atomic E-state index is 13.1. The third kappa shape index (κ3) is 1.48. The summed E-state index contributed by atoms with van der Waals surface area (Å²) in [5, 5.41) is 0. The van der Waals surface area contributed by atoms with Crippen LogP contribution < -0.4 is 9.47 Å². The van der Waals surface area contributed by atoms with E-state index in [-0.39, 0.29) is 5.78 Å². The van der Waals surface area contributed by atoms with Gasteiger partial charge in [0.25, 0.3) is 5.79 Å². The molecule has 0 bridgehead atoms. The van der Waals surface area contributed by atoms with Gasteiger partial charge in [-0.25, -0.2) is 0 Å². The Balaban J connectivity index is 1.88. The normalized spacial score (nSPS) is 28.4. The summed E-state index contributed by atoms with van der Waals surface area (Å²) < 4.78 is 17.2. The Hall–Kier alpha value is -2.33. The summed E-state index contributed by atoms with van der Waals surface area (Å²) >= 11 is 0. The highest BCUT2D eigenvalue weighted by Gasteiger charge is 2.79. The first-order valence-corrected chi connectivity index (χ1v) is 7.34. The zero-order valence-electron chi connectivity index (χ0n) is 12.5. The molecule has 2 aliphatic heterocycles. The summed E-state index contributed by atoms with van der Waals surface area (Å²) in [5.41, 5.74) is 0.347. The van der Waals surface area contributed by atoms with Crippen LogP contribution >= 0.6 is 0 Å². The summed E-state index contributed by atoms with van der Waals surface area (Å²) in [7, 11) is 1.59. The molecule has 2 atom stereocenters. The molecule has 0 aromatic heterocycles. The van der Waals surface area contributed by atoms with E-state index in [2.05, 4.69) is 0 Å². The van der Waals surface area contributed by atoms with Crippen molar-refractivity contribution in [2.24, 2.45) is 0 Å². The quantitative estimate of drug-likeness (QED) is 0.815. The Bertz CT molecular complexity index is 755. The number of hydrogen-bond acceptors (Lipinski definition) is 4. The molecule has 1 fully saturated rings. The predicted molar refractivity (Wildman–Crippen MR) is 80.2 cm³/mol. The van der Waals surface area contributed by atoms with E-state index in [9.17, 15) is 4.79 Å². The van der Waals surface area contributed by atoms with Gasteiger partial charge in [0.1, 0.15) is 11.5 Å². The fraction of sp³-hybridized carbons (Fsp3) is 0.278. The fourth-order valence-corrected chi connectivity index (χ4v) is 3.28. The molecule has 0 spiro atoms. The number of epoxide rings is 1. The maximum absolute atomic E-state index is 13.1. The third-order valence-electron chi connectivity index (χ3n) is 4.49. The van der Waals surface area contributed by atoms with Gasteiger partial charge in [-0.2, -0.15) is 0 Å². The van der Waals surface area contributed by atoms with Crippen LogP contribution in [0, 0.1) is 0 Å². The summed E-state index contributed by atoms with van der Waals surface area (Å²) in [6, 6.07) is 14.8. The Kier molecular flexibility index (Phi) is 2.63. The number of hydrogen-bond donors (Lipinski definition) is 0. The fourth-order valence-electron chi connectivity index (χ4n) is 3.28. The van der Waals surface area contributed by atoms with E-state index in [1.54, 1.807) is 25.3 Å². The minimum absolute atomic E-state index is 0.0514. The topological polar surface area (TPSA) is 48.1 Å². The minimum atomic E-state index is -1.02. The van der Waals surface area contributed by atoms with Gasteiger partial charge < -0.3 is 14.2 Å². The van der Waals surface area contributed by atoms with Crippen molar-refractivity contribution < 1.29 is 19.0 Å². The smallest absolute Gasteiger partial charge is 0.253 e. The highest BCUT2D eigenvalue weighted by molar-refractivity contribution is 6.09. The second-order valence-corrected chi connectivity index (χ2v) is 5.55. The second-order valence-electron chi connectivity index (χ2n) is 5.55. The standard InChI is InChI=1S/C18H16O4/c1-3-17-18(22-17,12-7-5-4-6-8-12)16(19)14-10-9-13(20-2)11-15(14)21-17/h4-11H,3H2,1-2H3/t17-,18+/m0/s1. The van der Waals surface area contributed by atoms with Crippen molar-refractivity contribution in [2.45, 2.75) is 24.7 Å². The molecule has 2 aliphatic rings. The highest BCUT2D eigenvalue weighted by Crippen LogP contribution is 2.63. The molecule has 112 valence electrons. The molecule has 1 saturated heterocycles. The molecule has 2 aromatic rings. The van der Waals surface area contributed by atoms with Crippen LogP contribution in [0.15, 0.2) is 48.5 Å². The van der Waals surface area contributed by atoms with Gasteiger partial charge in [0, 0.05) is 12.5 Å². The van der Waals surface area contributed by atoms with Crippen LogP contribution in [-0.4, -0.2) is 18.7 Å². The first kappa shape index (κ1) is 13.3. The van der Waals surface area contributed by atoms with Crippen LogP contribution in [0.1, 0.15) is 29.3 Å². The number of methoxy groups -OCH3 is 1. The van der Waals surface area contributed by atoms with Crippen molar-refractivity contribution in [3.8, 4) is 11.5 Å². The molecule has 0 amide bonds. The van der Waals surface area contributed by atoms with Crippen LogP contribution in [0.25, 0.3) is 0 Å². The van der Waals surface area contributed by atoms with Crippen molar-refractivity contribution in [1.82, 2.24) is 0 Å². The summed E-state index contributed by atoms with van der Waals surface area (Å²) in [6.07, 6.45) is 0.588. The van der Waals surface area contributed by atoms with Crippen LogP contribution in [0.4, 0.5) is 0 Å². The van der Waals surface area contributed by atoms with Crippen LogP contribution in [-0.2, 0) is 10.3 Å². The molecular weight excluding hydrogens is 280 g/mol. The largest absolute Gasteiger partial charge is 0.497 e. The molecule has 2 aromatic carbocycles. The first-order valence-electron chi connectivity index (χ1n) is 7.34. The van der Waals surface area contributed by atoms with E-state index >= 15 is 0 Å². The number of rotatable bonds is 3. The van der Waals surface area contributed by atoms with Gasteiger partial charge in [-0.3, -0.25) is 4.79 Å². The molecule has 0 unspecified atom stereocenters. The van der Waals surface area contributed by atoms with E-state index in [4.69, 9.17) is 14.2 Å². The lowest BCUT2D eigenvalue weighted by Crippen LogP contribution is -2.40. The average Bonchev–Trinajstić information content (AvgIpc) is 3.26. The van der Waals surface area contributed by atoms with Gasteiger partial charge in [0.2, 0.25) is 11.4 Å². The van der Waals surface area contributed by atoms with Crippen LogP contribution in [0.2, 0.25) is 0 Å². The summed E-state index contributed by atoms with van der Waals surface area (Å²) in [6.45, 7) is 1.96. The van der Waals surface area contributed by atoms with Gasteiger partial charge in [0.05, 0.1) is 12.7 Å². The highest BCUT2D eigenvalue weighted by atomic mass is 16.8. The van der Waals surface area contributed by atoms with E-state index in [0.717, 1.165) is 5.56 Å². The molecular formula is C18H16O4. The molecule has 0 saturated carbocycles. The molecule has 22 heavy (non-hydrogen) atoms. The minimum Gasteiger partial charge on any atom is -0.497 e. The van der Waals surface area contributed by atoms with Gasteiger partial charge in [-0.15, -0.1) is 0 Å². The molecule has 4 heteroatoms. The number of ether oxygens (including phenoxy) is 3. The van der Waals surface area contributed by atoms with E-state index in [1.165, 1.54) is 0 Å². The lowest BCUT2D eigenvalue weighted by Gasteiger charge is -2.26. The second kappa shape index (κ2) is 4.34. The zero-order chi connectivity index (χ0) is 15.4. The van der Waals surface area contributed by atoms with Crippen molar-refractivity contribution >= 4 is 5.78 Å². The molecule has 0 aliphatic carbocycles. The van der Waals surface area contributed by atoms with Gasteiger partial charge in [-0.1, -0.05) is 37.3 Å². The van der Waals surface area contributed by atoms with Crippen LogP contribution in [0.3, 0.4) is 0 Å². The molecule has 0 N–H and O–H groups in total. The summed E-state index contributed by atoms with van der Waals surface area (Å²) in [5.74, 6) is 0.218. The number of ketones is 1.